The molecule has 190 valence electrons. The summed E-state index contributed by atoms with van der Waals surface area (Å²) in [6, 6.07) is 38.5. The third kappa shape index (κ3) is 5.40. The number of allylic oxidation sites excluding steroid dienone is 4. The number of fused-ring (bicyclic) bond motifs is 3. The molecule has 2 aliphatic rings. The zero-order valence-electron chi connectivity index (χ0n) is 21.9. The van der Waals surface area contributed by atoms with E-state index in [0.717, 1.165) is 19.3 Å². The molecular formula is C35H32Cl2Zr. The number of hydrogen-bond acceptors (Lipinski definition) is 0. The Morgan fingerprint density at radius 3 is 2.11 bits per heavy atom. The van der Waals surface area contributed by atoms with E-state index in [-0.39, 0.29) is 30.2 Å². The van der Waals surface area contributed by atoms with Gasteiger partial charge in [0, 0.05) is 0 Å². The minimum atomic E-state index is -2.50. The minimum absolute atomic E-state index is 0. The average molecular weight is 615 g/mol. The van der Waals surface area contributed by atoms with E-state index in [1.165, 1.54) is 27.8 Å². The molecule has 4 aromatic carbocycles. The van der Waals surface area contributed by atoms with Crippen LogP contribution in [0.25, 0.3) is 11.1 Å². The second kappa shape index (κ2) is 12.3. The zero-order chi connectivity index (χ0) is 24.5. The zero-order valence-corrected chi connectivity index (χ0v) is 25.9. The van der Waals surface area contributed by atoms with Crippen molar-refractivity contribution in [2.24, 2.45) is 0 Å². The molecule has 0 radical (unpaired) electrons. The van der Waals surface area contributed by atoms with Crippen molar-refractivity contribution in [3.8, 4) is 11.1 Å². The van der Waals surface area contributed by atoms with Gasteiger partial charge in [-0.25, -0.2) is 0 Å². The normalized spacial score (nSPS) is 13.5. The topological polar surface area (TPSA) is 0 Å². The second-order valence-corrected chi connectivity index (χ2v) is 16.7. The summed E-state index contributed by atoms with van der Waals surface area (Å²) < 4.78 is 5.15. The number of benzene rings is 4. The van der Waals surface area contributed by atoms with Gasteiger partial charge in [0.15, 0.2) is 0 Å². The molecule has 0 atom stereocenters. The van der Waals surface area contributed by atoms with Gasteiger partial charge in [0.25, 0.3) is 0 Å². The largest absolute Gasteiger partial charge is 1.00 e. The van der Waals surface area contributed by atoms with E-state index in [4.69, 9.17) is 0 Å². The summed E-state index contributed by atoms with van der Waals surface area (Å²) in [5, 5.41) is 0. The first-order valence-electron chi connectivity index (χ1n) is 13.0. The summed E-state index contributed by atoms with van der Waals surface area (Å²) in [5.74, 6) is 0. The van der Waals surface area contributed by atoms with Crippen molar-refractivity contribution in [3.05, 3.63) is 147 Å². The first kappa shape index (κ1) is 28.7. The van der Waals surface area contributed by atoms with Crippen molar-refractivity contribution in [2.75, 3.05) is 0 Å². The summed E-state index contributed by atoms with van der Waals surface area (Å²) >= 11 is -2.50. The molecule has 0 amide bonds. The molecule has 0 fully saturated rings. The van der Waals surface area contributed by atoms with Crippen LogP contribution in [0.1, 0.15) is 42.5 Å². The molecule has 0 unspecified atom stereocenters. The Morgan fingerprint density at radius 1 is 0.737 bits per heavy atom. The predicted octanol–water partition coefficient (Wildman–Crippen LogP) is 1.75. The summed E-state index contributed by atoms with van der Waals surface area (Å²) in [7, 11) is 0. The van der Waals surface area contributed by atoms with Crippen LogP contribution in [0, 0.1) is 0 Å². The van der Waals surface area contributed by atoms with Gasteiger partial charge in [-0.1, -0.05) is 0 Å². The maximum atomic E-state index is 2.49. The van der Waals surface area contributed by atoms with Crippen LogP contribution >= 0.6 is 0 Å². The van der Waals surface area contributed by atoms with Crippen LogP contribution in [-0.2, 0) is 39.5 Å². The van der Waals surface area contributed by atoms with E-state index in [0.29, 0.717) is 0 Å². The van der Waals surface area contributed by atoms with Gasteiger partial charge in [-0.3, -0.25) is 0 Å². The van der Waals surface area contributed by atoms with Gasteiger partial charge in [-0.15, -0.1) is 0 Å². The fourth-order valence-electron chi connectivity index (χ4n) is 6.00. The van der Waals surface area contributed by atoms with Gasteiger partial charge in [-0.05, 0) is 0 Å². The fourth-order valence-corrected chi connectivity index (χ4v) is 14.8. The van der Waals surface area contributed by atoms with Crippen molar-refractivity contribution in [2.45, 2.75) is 38.5 Å². The third-order valence-electron chi connectivity index (χ3n) is 7.99. The van der Waals surface area contributed by atoms with Crippen LogP contribution in [0.3, 0.4) is 0 Å². The van der Waals surface area contributed by atoms with Gasteiger partial charge in [0.2, 0.25) is 0 Å². The van der Waals surface area contributed by atoms with Crippen molar-refractivity contribution in [1.29, 1.82) is 0 Å². The molecular weight excluding hydrogens is 583 g/mol. The average Bonchev–Trinajstić information content (AvgIpc) is 3.58. The van der Waals surface area contributed by atoms with Crippen LogP contribution < -0.4 is 28.1 Å². The van der Waals surface area contributed by atoms with Crippen LogP contribution in [0.2, 0.25) is 0 Å². The van der Waals surface area contributed by atoms with Crippen molar-refractivity contribution >= 4 is 6.48 Å². The van der Waals surface area contributed by atoms with Crippen LogP contribution in [0.4, 0.5) is 0 Å². The number of hydrogen-bond donors (Lipinski definition) is 0. The van der Waals surface area contributed by atoms with E-state index in [9.17, 15) is 0 Å². The molecule has 0 N–H and O–H groups in total. The van der Waals surface area contributed by atoms with Gasteiger partial charge in [0.05, 0.1) is 0 Å². The van der Waals surface area contributed by atoms with Crippen molar-refractivity contribution in [3.63, 3.8) is 0 Å². The molecule has 0 aromatic heterocycles. The van der Waals surface area contributed by atoms with Gasteiger partial charge >= 0.3 is 224 Å². The van der Waals surface area contributed by atoms with Gasteiger partial charge in [-0.2, -0.15) is 0 Å². The summed E-state index contributed by atoms with van der Waals surface area (Å²) in [6.07, 6.45) is 10.3. The molecule has 3 heteroatoms. The first-order valence-corrected chi connectivity index (χ1v) is 16.7. The maximum Gasteiger partial charge on any atom is -1.00 e. The summed E-state index contributed by atoms with van der Waals surface area (Å²) in [6.45, 7) is 4.95. The fraction of sp³-hybridized carbons (Fsp3) is 0.171. The molecule has 0 saturated heterocycles. The molecule has 38 heavy (non-hydrogen) atoms. The van der Waals surface area contributed by atoms with Gasteiger partial charge < -0.3 is 24.8 Å². The Bertz CT molecular complexity index is 1510. The van der Waals surface area contributed by atoms with E-state index in [1.54, 1.807) is 15.3 Å². The smallest absolute Gasteiger partial charge is 1.00 e. The Hall–Kier alpha value is -2.31. The van der Waals surface area contributed by atoms with E-state index in [1.807, 2.05) is 0 Å². The van der Waals surface area contributed by atoms with E-state index >= 15 is 0 Å². The Kier molecular flexibility index (Phi) is 9.25. The van der Waals surface area contributed by atoms with E-state index in [2.05, 4.69) is 135 Å². The Balaban J connectivity index is 0.00000168. The minimum Gasteiger partial charge on any atom is -1.00 e. The quantitative estimate of drug-likeness (QED) is 0.274. The molecule has 0 spiro atoms. The Morgan fingerprint density at radius 2 is 1.39 bits per heavy atom. The monoisotopic (exact) mass is 612 g/mol. The number of rotatable bonds is 6. The molecule has 4 aromatic rings. The van der Waals surface area contributed by atoms with E-state index < -0.39 is 21.3 Å². The van der Waals surface area contributed by atoms with Crippen LogP contribution in [0.15, 0.2) is 125 Å². The molecule has 6 rings (SSSR count). The standard InChI is InChI=1S/C17H18.C13H9.C5H5.2ClH.Zr/c1-17(2,16-11-7-4-8-12-16)14-13-15-9-5-3-6-10-15;1-3-7-12-10(5-1)9-11-6-2-4-8-13(11)12;1-2-4-5-3-1;;;/h3-12H,13H2,1-2H3;1-5,7-8H,9H2;1-3H,4H2;2*1H;/q;;;;;+2/p-2. The predicted molar refractivity (Wildman–Crippen MR) is 151 cm³/mol. The first-order chi connectivity index (χ1) is 17.6. The molecule has 0 bridgehead atoms. The van der Waals surface area contributed by atoms with Crippen LogP contribution in [-0.4, -0.2) is 3.21 Å². The van der Waals surface area contributed by atoms with Crippen LogP contribution in [0.5, 0.6) is 0 Å². The molecule has 2 aliphatic carbocycles. The SMILES string of the molecule is CC(C)(/[C](Cc1ccccc1)=[Zr+2](/[C]1=CC=CC1)[c]1cccc2c1Cc1ccccc1-2)c1ccccc1.[Cl-].[Cl-]. The van der Waals surface area contributed by atoms with Gasteiger partial charge in [0.1, 0.15) is 0 Å². The number of halogens is 2. The molecule has 0 nitrogen and oxygen atoms in total. The second-order valence-electron chi connectivity index (χ2n) is 10.5. The Labute approximate surface area is 247 Å². The van der Waals surface area contributed by atoms with Crippen molar-refractivity contribution < 1.29 is 46.1 Å². The maximum absolute atomic E-state index is 2.50. The molecule has 0 saturated carbocycles. The molecule has 0 heterocycles. The summed E-state index contributed by atoms with van der Waals surface area (Å²) in [4.78, 5) is 0. The summed E-state index contributed by atoms with van der Waals surface area (Å²) in [5.41, 5.74) is 8.81. The van der Waals surface area contributed by atoms with Crippen molar-refractivity contribution in [1.82, 2.24) is 0 Å². The molecule has 0 aliphatic heterocycles. The third-order valence-corrected chi connectivity index (χ3v) is 16.4.